The third-order valence-electron chi connectivity index (χ3n) is 3.43. The van der Waals surface area contributed by atoms with Gasteiger partial charge in [-0.1, -0.05) is 41.9 Å². The van der Waals surface area contributed by atoms with Gasteiger partial charge in [-0.05, 0) is 24.3 Å². The van der Waals surface area contributed by atoms with Crippen LogP contribution in [-0.2, 0) is 0 Å². The zero-order valence-corrected chi connectivity index (χ0v) is 14.4. The summed E-state index contributed by atoms with van der Waals surface area (Å²) >= 11 is 7.35. The van der Waals surface area contributed by atoms with Crippen LogP contribution < -0.4 is 4.74 Å². The fourth-order valence-electron chi connectivity index (χ4n) is 2.23. The van der Waals surface area contributed by atoms with Crippen molar-refractivity contribution in [3.8, 4) is 23.1 Å². The third kappa shape index (κ3) is 3.48. The maximum atomic E-state index is 9.51. The largest absolute Gasteiger partial charge is 0.496 e. The van der Waals surface area contributed by atoms with Crippen LogP contribution in [0.15, 0.2) is 53.9 Å². The summed E-state index contributed by atoms with van der Waals surface area (Å²) < 4.78 is 5.33. The van der Waals surface area contributed by atoms with Gasteiger partial charge in [0.2, 0.25) is 0 Å². The Morgan fingerprint density at radius 2 is 1.96 bits per heavy atom. The summed E-state index contributed by atoms with van der Waals surface area (Å²) in [5.74, 6) is 0.722. The van der Waals surface area contributed by atoms with Gasteiger partial charge in [0.15, 0.2) is 0 Å². The Morgan fingerprint density at radius 3 is 2.67 bits per heavy atom. The fourth-order valence-corrected chi connectivity index (χ4v) is 3.15. The lowest BCUT2D eigenvalue weighted by atomic mass is 10.1. The van der Waals surface area contributed by atoms with Crippen LogP contribution in [0.25, 0.3) is 22.9 Å². The number of halogens is 1. The quantitative estimate of drug-likeness (QED) is 0.579. The Balaban J connectivity index is 1.96. The molecule has 0 unspecified atom stereocenters. The second-order valence-corrected chi connectivity index (χ2v) is 6.25. The standard InChI is InChI=1S/C19H13ClN2OS/c1-23-18-5-3-2-4-14(18)10-15(11-21)19-22-17(12-24-19)13-6-8-16(20)9-7-13/h2-10,12H,1H3. The summed E-state index contributed by atoms with van der Waals surface area (Å²) in [5, 5.41) is 12.8. The van der Waals surface area contributed by atoms with Crippen molar-refractivity contribution >= 4 is 34.6 Å². The molecule has 24 heavy (non-hydrogen) atoms. The molecule has 0 saturated heterocycles. The number of aromatic nitrogens is 1. The first-order valence-corrected chi connectivity index (χ1v) is 8.43. The number of hydrogen-bond acceptors (Lipinski definition) is 4. The highest BCUT2D eigenvalue weighted by Gasteiger charge is 2.10. The SMILES string of the molecule is COc1ccccc1C=C(C#N)c1nc(-c2ccc(Cl)cc2)cs1. The number of methoxy groups -OCH3 is 1. The smallest absolute Gasteiger partial charge is 0.134 e. The molecule has 1 heterocycles. The number of hydrogen-bond donors (Lipinski definition) is 0. The number of rotatable bonds is 4. The summed E-state index contributed by atoms with van der Waals surface area (Å²) in [6.07, 6.45) is 1.79. The van der Waals surface area contributed by atoms with Crippen molar-refractivity contribution in [2.75, 3.05) is 7.11 Å². The molecule has 3 aromatic rings. The highest BCUT2D eigenvalue weighted by Crippen LogP contribution is 2.29. The average Bonchev–Trinajstić information content (AvgIpc) is 3.10. The van der Waals surface area contributed by atoms with Crippen LogP contribution in [0.4, 0.5) is 0 Å². The van der Waals surface area contributed by atoms with Crippen molar-refractivity contribution in [2.45, 2.75) is 0 Å². The second-order valence-electron chi connectivity index (χ2n) is 4.96. The summed E-state index contributed by atoms with van der Waals surface area (Å²) in [5.41, 5.74) is 3.15. The monoisotopic (exact) mass is 352 g/mol. The van der Waals surface area contributed by atoms with E-state index in [1.807, 2.05) is 53.9 Å². The lowest BCUT2D eigenvalue weighted by Crippen LogP contribution is -1.87. The summed E-state index contributed by atoms with van der Waals surface area (Å²) in [4.78, 5) is 4.58. The molecule has 0 aliphatic heterocycles. The fraction of sp³-hybridized carbons (Fsp3) is 0.0526. The van der Waals surface area contributed by atoms with Crippen LogP contribution in [0.5, 0.6) is 5.75 Å². The molecule has 0 saturated carbocycles. The molecule has 3 nitrogen and oxygen atoms in total. The zero-order valence-electron chi connectivity index (χ0n) is 12.9. The van der Waals surface area contributed by atoms with E-state index < -0.39 is 0 Å². The molecule has 3 rings (SSSR count). The Labute approximate surface area is 149 Å². The molecule has 0 fully saturated rings. The van der Waals surface area contributed by atoms with E-state index in [0.717, 1.165) is 22.6 Å². The van der Waals surface area contributed by atoms with E-state index in [-0.39, 0.29) is 0 Å². The summed E-state index contributed by atoms with van der Waals surface area (Å²) in [7, 11) is 1.61. The Bertz CT molecular complexity index is 923. The van der Waals surface area contributed by atoms with Gasteiger partial charge in [-0.3, -0.25) is 0 Å². The molecular formula is C19H13ClN2OS. The molecule has 0 amide bonds. The number of para-hydroxylation sites is 1. The van der Waals surface area contributed by atoms with Crippen LogP contribution in [0.2, 0.25) is 5.02 Å². The van der Waals surface area contributed by atoms with E-state index in [1.165, 1.54) is 11.3 Å². The minimum Gasteiger partial charge on any atom is -0.496 e. The number of benzene rings is 2. The molecule has 118 valence electrons. The minimum absolute atomic E-state index is 0.504. The van der Waals surface area contributed by atoms with Crippen LogP contribution in [0, 0.1) is 11.3 Å². The maximum absolute atomic E-state index is 9.51. The number of ether oxygens (including phenoxy) is 1. The third-order valence-corrected chi connectivity index (χ3v) is 4.56. The van der Waals surface area contributed by atoms with E-state index in [4.69, 9.17) is 16.3 Å². The summed E-state index contributed by atoms with van der Waals surface area (Å²) in [6.45, 7) is 0. The van der Waals surface area contributed by atoms with Crippen molar-refractivity contribution in [3.63, 3.8) is 0 Å². The van der Waals surface area contributed by atoms with Gasteiger partial charge >= 0.3 is 0 Å². The van der Waals surface area contributed by atoms with E-state index in [1.54, 1.807) is 13.2 Å². The molecule has 0 bridgehead atoms. The van der Waals surface area contributed by atoms with Crippen molar-refractivity contribution in [3.05, 3.63) is 69.5 Å². The molecular weight excluding hydrogens is 340 g/mol. The molecule has 0 spiro atoms. The average molecular weight is 353 g/mol. The molecule has 2 aromatic carbocycles. The molecule has 0 atom stereocenters. The molecule has 0 aliphatic rings. The van der Waals surface area contributed by atoms with Gasteiger partial charge in [0.25, 0.3) is 0 Å². The van der Waals surface area contributed by atoms with Gasteiger partial charge in [-0.25, -0.2) is 4.98 Å². The van der Waals surface area contributed by atoms with Gasteiger partial charge in [0, 0.05) is 21.5 Å². The summed E-state index contributed by atoms with van der Waals surface area (Å²) in [6, 6.07) is 17.3. The molecule has 1 aromatic heterocycles. The van der Waals surface area contributed by atoms with Crippen molar-refractivity contribution in [2.24, 2.45) is 0 Å². The first-order chi connectivity index (χ1) is 11.7. The van der Waals surface area contributed by atoms with E-state index in [2.05, 4.69) is 11.1 Å². The van der Waals surface area contributed by atoms with E-state index >= 15 is 0 Å². The van der Waals surface area contributed by atoms with Gasteiger partial charge < -0.3 is 4.74 Å². The first-order valence-electron chi connectivity index (χ1n) is 7.18. The number of nitriles is 1. The minimum atomic E-state index is 0.504. The zero-order chi connectivity index (χ0) is 16.9. The van der Waals surface area contributed by atoms with Gasteiger partial charge in [0.1, 0.15) is 16.8 Å². The van der Waals surface area contributed by atoms with Gasteiger partial charge in [-0.2, -0.15) is 5.26 Å². The first kappa shape index (κ1) is 16.3. The predicted octanol–water partition coefficient (Wildman–Crippen LogP) is 5.54. The Morgan fingerprint density at radius 1 is 1.21 bits per heavy atom. The van der Waals surface area contributed by atoms with E-state index in [0.29, 0.717) is 15.6 Å². The molecule has 0 N–H and O–H groups in total. The number of nitrogens with zero attached hydrogens (tertiary/aromatic N) is 2. The van der Waals surface area contributed by atoms with Gasteiger partial charge in [0.05, 0.1) is 18.4 Å². The van der Waals surface area contributed by atoms with Crippen molar-refractivity contribution in [1.82, 2.24) is 4.98 Å². The number of allylic oxidation sites excluding steroid dienone is 1. The van der Waals surface area contributed by atoms with E-state index in [9.17, 15) is 5.26 Å². The number of thiazole rings is 1. The van der Waals surface area contributed by atoms with Crippen molar-refractivity contribution in [1.29, 1.82) is 5.26 Å². The van der Waals surface area contributed by atoms with Crippen LogP contribution in [0.1, 0.15) is 10.6 Å². The molecule has 0 aliphatic carbocycles. The van der Waals surface area contributed by atoms with Crippen LogP contribution in [0.3, 0.4) is 0 Å². The highest BCUT2D eigenvalue weighted by molar-refractivity contribution is 7.11. The predicted molar refractivity (Wildman–Crippen MR) is 99.0 cm³/mol. The molecule has 5 heteroatoms. The van der Waals surface area contributed by atoms with Gasteiger partial charge in [-0.15, -0.1) is 11.3 Å². The van der Waals surface area contributed by atoms with Crippen LogP contribution >= 0.6 is 22.9 Å². The Kier molecular flexibility index (Phi) is 4.95. The maximum Gasteiger partial charge on any atom is 0.134 e. The normalized spacial score (nSPS) is 11.1. The van der Waals surface area contributed by atoms with Crippen LogP contribution in [-0.4, -0.2) is 12.1 Å². The lowest BCUT2D eigenvalue weighted by Gasteiger charge is -2.04. The van der Waals surface area contributed by atoms with Crippen molar-refractivity contribution < 1.29 is 4.74 Å². The second kappa shape index (κ2) is 7.31. The molecule has 0 radical (unpaired) electrons. The topological polar surface area (TPSA) is 45.9 Å². The Hall–Kier alpha value is -2.61. The lowest BCUT2D eigenvalue weighted by molar-refractivity contribution is 0.414. The highest BCUT2D eigenvalue weighted by atomic mass is 35.5.